The van der Waals surface area contributed by atoms with Gasteiger partial charge in [0.1, 0.15) is 0 Å². The molecule has 0 fully saturated rings. The molecule has 0 aliphatic rings. The summed E-state index contributed by atoms with van der Waals surface area (Å²) in [4.78, 5) is 23.9. The number of ketones is 1. The summed E-state index contributed by atoms with van der Waals surface area (Å²) < 4.78 is 4.69. The molecule has 1 atom stereocenters. The first kappa shape index (κ1) is 17.3. The summed E-state index contributed by atoms with van der Waals surface area (Å²) >= 11 is 1.44. The molecule has 2 aromatic carbocycles. The van der Waals surface area contributed by atoms with E-state index in [1.807, 2.05) is 61.5 Å². The Kier molecular flexibility index (Phi) is 6.41. The molecule has 0 heterocycles. The zero-order valence-electron chi connectivity index (χ0n) is 13.3. The van der Waals surface area contributed by atoms with Crippen LogP contribution in [-0.4, -0.2) is 24.6 Å². The number of hydrogen-bond donors (Lipinski definition) is 0. The summed E-state index contributed by atoms with van der Waals surface area (Å²) in [6.07, 6.45) is 0.356. The highest BCUT2D eigenvalue weighted by molar-refractivity contribution is 8.00. The average molecular weight is 328 g/mol. The molecule has 4 heteroatoms. The first-order valence-electron chi connectivity index (χ1n) is 7.43. The number of methoxy groups -OCH3 is 1. The Morgan fingerprint density at radius 1 is 1.04 bits per heavy atom. The maximum Gasteiger partial charge on any atom is 0.315 e. The molecule has 1 unspecified atom stereocenters. The fraction of sp³-hybridized carbons (Fsp3) is 0.263. The molecule has 0 saturated carbocycles. The van der Waals surface area contributed by atoms with Gasteiger partial charge in [0.05, 0.1) is 12.9 Å². The lowest BCUT2D eigenvalue weighted by atomic mass is 10.0. The minimum atomic E-state index is -0.279. The Hall–Kier alpha value is -2.07. The van der Waals surface area contributed by atoms with Crippen LogP contribution in [0.1, 0.15) is 33.2 Å². The summed E-state index contributed by atoms with van der Waals surface area (Å²) in [7, 11) is 1.37. The number of carbonyl (C=O) groups is 2. The Morgan fingerprint density at radius 3 is 2.30 bits per heavy atom. The van der Waals surface area contributed by atoms with Crippen LogP contribution in [0.2, 0.25) is 0 Å². The van der Waals surface area contributed by atoms with Crippen LogP contribution in [0.5, 0.6) is 0 Å². The van der Waals surface area contributed by atoms with Crippen molar-refractivity contribution in [2.45, 2.75) is 18.6 Å². The van der Waals surface area contributed by atoms with Crippen LogP contribution in [0.15, 0.2) is 54.6 Å². The van der Waals surface area contributed by atoms with E-state index in [2.05, 4.69) is 0 Å². The van der Waals surface area contributed by atoms with Gasteiger partial charge in [-0.05, 0) is 12.5 Å². The second kappa shape index (κ2) is 8.53. The fourth-order valence-corrected chi connectivity index (χ4v) is 3.27. The molecule has 2 aromatic rings. The van der Waals surface area contributed by atoms with Gasteiger partial charge in [-0.2, -0.15) is 0 Å². The summed E-state index contributed by atoms with van der Waals surface area (Å²) in [5.74, 6) is 0.0342. The van der Waals surface area contributed by atoms with E-state index < -0.39 is 0 Å². The van der Waals surface area contributed by atoms with Crippen LogP contribution < -0.4 is 0 Å². The molecule has 0 amide bonds. The molecule has 2 rings (SSSR count). The van der Waals surface area contributed by atoms with Crippen LogP contribution in [0.4, 0.5) is 0 Å². The molecule has 120 valence electrons. The normalized spacial score (nSPS) is 11.7. The summed E-state index contributed by atoms with van der Waals surface area (Å²) in [6, 6.07) is 17.4. The van der Waals surface area contributed by atoms with E-state index in [9.17, 15) is 9.59 Å². The van der Waals surface area contributed by atoms with Gasteiger partial charge >= 0.3 is 5.97 Å². The molecular formula is C19H20O3S. The van der Waals surface area contributed by atoms with Crippen molar-refractivity contribution in [3.05, 3.63) is 71.3 Å². The van der Waals surface area contributed by atoms with E-state index in [0.717, 1.165) is 11.1 Å². The van der Waals surface area contributed by atoms with Gasteiger partial charge in [-0.15, -0.1) is 11.8 Å². The number of thioether (sulfide) groups is 1. The fourth-order valence-electron chi connectivity index (χ4n) is 2.19. The number of benzene rings is 2. The number of Topliss-reactive ketones (excluding diaryl/α,β-unsaturated/α-hetero) is 1. The van der Waals surface area contributed by atoms with E-state index in [1.165, 1.54) is 18.9 Å². The van der Waals surface area contributed by atoms with E-state index in [-0.39, 0.29) is 22.8 Å². The number of hydrogen-bond acceptors (Lipinski definition) is 4. The van der Waals surface area contributed by atoms with Gasteiger partial charge in [-0.1, -0.05) is 60.2 Å². The van der Waals surface area contributed by atoms with Gasteiger partial charge < -0.3 is 4.74 Å². The Bertz CT molecular complexity index is 650. The van der Waals surface area contributed by atoms with Gasteiger partial charge in [0.2, 0.25) is 0 Å². The van der Waals surface area contributed by atoms with Crippen molar-refractivity contribution in [1.29, 1.82) is 0 Å². The highest BCUT2D eigenvalue weighted by Gasteiger charge is 2.19. The highest BCUT2D eigenvalue weighted by atomic mass is 32.2. The number of esters is 1. The molecule has 0 radical (unpaired) electrons. The number of ether oxygens (including phenoxy) is 1. The zero-order valence-corrected chi connectivity index (χ0v) is 14.1. The maximum atomic E-state index is 12.5. The molecule has 0 aliphatic carbocycles. The van der Waals surface area contributed by atoms with Gasteiger partial charge in [0.15, 0.2) is 5.78 Å². The predicted octanol–water partition coefficient (Wildman–Crippen LogP) is 4.22. The van der Waals surface area contributed by atoms with Gasteiger partial charge in [-0.3, -0.25) is 9.59 Å². The minimum Gasteiger partial charge on any atom is -0.468 e. The smallest absolute Gasteiger partial charge is 0.315 e. The van der Waals surface area contributed by atoms with Crippen molar-refractivity contribution >= 4 is 23.5 Å². The lowest BCUT2D eigenvalue weighted by molar-refractivity contribution is -0.137. The van der Waals surface area contributed by atoms with Crippen LogP contribution >= 0.6 is 11.8 Å². The first-order valence-corrected chi connectivity index (χ1v) is 8.48. The van der Waals surface area contributed by atoms with Gasteiger partial charge in [-0.25, -0.2) is 0 Å². The molecule has 0 N–H and O–H groups in total. The van der Waals surface area contributed by atoms with E-state index >= 15 is 0 Å². The van der Waals surface area contributed by atoms with Gasteiger partial charge in [0, 0.05) is 17.2 Å². The van der Waals surface area contributed by atoms with Gasteiger partial charge in [0.25, 0.3) is 0 Å². The van der Waals surface area contributed by atoms with Crippen molar-refractivity contribution in [2.75, 3.05) is 12.9 Å². The lowest BCUT2D eigenvalue weighted by Crippen LogP contribution is -2.09. The summed E-state index contributed by atoms with van der Waals surface area (Å²) in [5, 5.41) is -0.0656. The standard InChI is InChI=1S/C19H20O3S/c1-14-8-10-15(11-9-14)17(20)12-18(23-13-19(21)22-2)16-6-4-3-5-7-16/h3-11,18H,12-13H2,1-2H3. The Labute approximate surface area is 141 Å². The highest BCUT2D eigenvalue weighted by Crippen LogP contribution is 2.33. The Morgan fingerprint density at radius 2 is 1.70 bits per heavy atom. The first-order chi connectivity index (χ1) is 11.1. The third-order valence-electron chi connectivity index (χ3n) is 3.55. The second-order valence-corrected chi connectivity index (χ2v) is 6.47. The van der Waals surface area contributed by atoms with Crippen molar-refractivity contribution in [3.63, 3.8) is 0 Å². The molecule has 0 saturated heterocycles. The Balaban J connectivity index is 2.11. The van der Waals surface area contributed by atoms with E-state index in [0.29, 0.717) is 12.0 Å². The maximum absolute atomic E-state index is 12.5. The van der Waals surface area contributed by atoms with Crippen LogP contribution in [0.25, 0.3) is 0 Å². The molecule has 3 nitrogen and oxygen atoms in total. The van der Waals surface area contributed by atoms with Crippen LogP contribution in [0, 0.1) is 6.92 Å². The van der Waals surface area contributed by atoms with Crippen LogP contribution in [-0.2, 0) is 9.53 Å². The number of rotatable bonds is 7. The molecule has 0 bridgehead atoms. The third-order valence-corrected chi connectivity index (χ3v) is 4.79. The second-order valence-electron chi connectivity index (χ2n) is 5.28. The average Bonchev–Trinajstić information content (AvgIpc) is 2.59. The summed E-state index contributed by atoms with van der Waals surface area (Å²) in [6.45, 7) is 1.99. The number of aryl methyl sites for hydroxylation is 1. The minimum absolute atomic E-state index is 0.0656. The number of carbonyl (C=O) groups excluding carboxylic acids is 2. The molecule has 23 heavy (non-hydrogen) atoms. The molecule has 0 aliphatic heterocycles. The summed E-state index contributed by atoms with van der Waals surface area (Å²) in [5.41, 5.74) is 2.87. The zero-order chi connectivity index (χ0) is 16.7. The SMILES string of the molecule is COC(=O)CSC(CC(=O)c1ccc(C)cc1)c1ccccc1. The molecule has 0 spiro atoms. The van der Waals surface area contributed by atoms with E-state index in [4.69, 9.17) is 4.74 Å². The van der Waals surface area contributed by atoms with Crippen molar-refractivity contribution < 1.29 is 14.3 Å². The van der Waals surface area contributed by atoms with Crippen molar-refractivity contribution in [2.24, 2.45) is 0 Å². The van der Waals surface area contributed by atoms with E-state index in [1.54, 1.807) is 0 Å². The quantitative estimate of drug-likeness (QED) is 0.564. The van der Waals surface area contributed by atoms with Crippen molar-refractivity contribution in [3.8, 4) is 0 Å². The monoisotopic (exact) mass is 328 g/mol. The van der Waals surface area contributed by atoms with Crippen molar-refractivity contribution in [1.82, 2.24) is 0 Å². The molecular weight excluding hydrogens is 308 g/mol. The topological polar surface area (TPSA) is 43.4 Å². The largest absolute Gasteiger partial charge is 0.468 e. The lowest BCUT2D eigenvalue weighted by Gasteiger charge is -2.16. The third kappa shape index (κ3) is 5.25. The van der Waals surface area contributed by atoms with Crippen LogP contribution in [0.3, 0.4) is 0 Å². The predicted molar refractivity (Wildman–Crippen MR) is 93.8 cm³/mol. The molecule has 0 aromatic heterocycles.